The summed E-state index contributed by atoms with van der Waals surface area (Å²) in [4.78, 5) is 33.1. The van der Waals surface area contributed by atoms with E-state index < -0.39 is 6.04 Å². The molecule has 1 aliphatic heterocycles. The van der Waals surface area contributed by atoms with Gasteiger partial charge in [-0.15, -0.1) is 0 Å². The van der Waals surface area contributed by atoms with Crippen LogP contribution < -0.4 is 5.32 Å². The minimum absolute atomic E-state index is 0.0141. The SMILES string of the molecule is CCn1c(-c2cncnc2)nc2c(N[C@H](C(=O)N3C[C@@H](C)O[C@@H](C)C3)[C@@H](C)OC)ccnc21. The van der Waals surface area contributed by atoms with E-state index in [1.807, 2.05) is 43.2 Å². The molecule has 1 fully saturated rings. The average Bonchev–Trinajstić information content (AvgIpc) is 3.21. The summed E-state index contributed by atoms with van der Waals surface area (Å²) in [5.74, 6) is 0.705. The van der Waals surface area contributed by atoms with E-state index in [1.165, 1.54) is 6.33 Å². The van der Waals surface area contributed by atoms with Gasteiger partial charge in [-0.05, 0) is 33.8 Å². The zero-order valence-electron chi connectivity index (χ0n) is 19.7. The number of aryl methyl sites for hydroxylation is 1. The van der Waals surface area contributed by atoms with Crippen LogP contribution in [-0.4, -0.2) is 79.9 Å². The predicted octanol–water partition coefficient (Wildman–Crippen LogP) is 2.36. The topological polar surface area (TPSA) is 107 Å². The van der Waals surface area contributed by atoms with E-state index in [9.17, 15) is 4.79 Å². The number of morpholine rings is 1. The zero-order chi connectivity index (χ0) is 23.5. The lowest BCUT2D eigenvalue weighted by atomic mass is 10.1. The van der Waals surface area contributed by atoms with Crippen LogP contribution in [0, 0.1) is 0 Å². The van der Waals surface area contributed by atoms with Crippen molar-refractivity contribution in [3.63, 3.8) is 0 Å². The number of hydrogen-bond acceptors (Lipinski definition) is 8. The number of nitrogens with one attached hydrogen (secondary N) is 1. The van der Waals surface area contributed by atoms with Crippen LogP contribution in [0.15, 0.2) is 31.0 Å². The molecule has 0 unspecified atom stereocenters. The Kier molecular flexibility index (Phi) is 6.85. The molecule has 0 saturated carbocycles. The number of anilines is 1. The van der Waals surface area contributed by atoms with Crippen LogP contribution in [0.5, 0.6) is 0 Å². The maximum atomic E-state index is 13.6. The van der Waals surface area contributed by atoms with Gasteiger partial charge in [-0.1, -0.05) is 0 Å². The molecule has 0 aliphatic carbocycles. The Bertz CT molecular complexity index is 1090. The van der Waals surface area contributed by atoms with Crippen molar-refractivity contribution in [2.75, 3.05) is 25.5 Å². The molecule has 4 heterocycles. The molecule has 1 saturated heterocycles. The van der Waals surface area contributed by atoms with E-state index in [4.69, 9.17) is 14.5 Å². The maximum Gasteiger partial charge on any atom is 0.247 e. The van der Waals surface area contributed by atoms with Crippen molar-refractivity contribution < 1.29 is 14.3 Å². The first-order valence-electron chi connectivity index (χ1n) is 11.3. The van der Waals surface area contributed by atoms with Crippen LogP contribution in [0.25, 0.3) is 22.6 Å². The third kappa shape index (κ3) is 4.67. The van der Waals surface area contributed by atoms with Crippen LogP contribution in [0.4, 0.5) is 5.69 Å². The lowest BCUT2D eigenvalue weighted by Crippen LogP contribution is -2.55. The molecule has 33 heavy (non-hydrogen) atoms. The molecule has 10 heteroatoms. The minimum atomic E-state index is -0.589. The molecule has 0 spiro atoms. The van der Waals surface area contributed by atoms with Gasteiger partial charge in [-0.25, -0.2) is 19.9 Å². The van der Waals surface area contributed by atoms with Crippen LogP contribution in [0.1, 0.15) is 27.7 Å². The van der Waals surface area contributed by atoms with E-state index in [-0.39, 0.29) is 24.2 Å². The van der Waals surface area contributed by atoms with Gasteiger partial charge in [0, 0.05) is 45.3 Å². The summed E-state index contributed by atoms with van der Waals surface area (Å²) in [5.41, 5.74) is 2.94. The number of carbonyl (C=O) groups is 1. The summed E-state index contributed by atoms with van der Waals surface area (Å²) in [6.45, 7) is 9.66. The van der Waals surface area contributed by atoms with Crippen LogP contribution in [0.3, 0.4) is 0 Å². The summed E-state index contributed by atoms with van der Waals surface area (Å²) in [6, 6.07) is 1.25. The fourth-order valence-electron chi connectivity index (χ4n) is 4.31. The lowest BCUT2D eigenvalue weighted by Gasteiger charge is -2.38. The van der Waals surface area contributed by atoms with E-state index in [1.54, 1.807) is 25.7 Å². The fourth-order valence-corrected chi connectivity index (χ4v) is 4.31. The van der Waals surface area contributed by atoms with Crippen molar-refractivity contribution in [3.8, 4) is 11.4 Å². The first kappa shape index (κ1) is 23.1. The Morgan fingerprint density at radius 2 is 1.97 bits per heavy atom. The summed E-state index contributed by atoms with van der Waals surface area (Å²) >= 11 is 0. The van der Waals surface area contributed by atoms with Gasteiger partial charge in [-0.2, -0.15) is 0 Å². The molecule has 0 aromatic carbocycles. The normalized spacial score (nSPS) is 20.6. The Hall–Kier alpha value is -3.11. The second kappa shape index (κ2) is 9.80. The molecule has 4 atom stereocenters. The van der Waals surface area contributed by atoms with Gasteiger partial charge in [-0.3, -0.25) is 4.79 Å². The molecule has 1 N–H and O–H groups in total. The standard InChI is InChI=1S/C23H31N7O3/c1-6-30-21(17-9-24-13-25-10-17)28-20-18(7-8-26-22(20)30)27-19(16(4)32-5)23(31)29-11-14(2)33-15(3)12-29/h7-10,13-16,19H,6,11-12H2,1-5H3,(H,26,27)/t14-,15+,16-,19+/m1/s1. The van der Waals surface area contributed by atoms with E-state index >= 15 is 0 Å². The number of rotatable bonds is 7. The highest BCUT2D eigenvalue weighted by molar-refractivity contribution is 5.92. The number of hydrogen-bond donors (Lipinski definition) is 1. The number of carbonyl (C=O) groups excluding carboxylic acids is 1. The highest BCUT2D eigenvalue weighted by Crippen LogP contribution is 2.28. The van der Waals surface area contributed by atoms with Gasteiger partial charge < -0.3 is 24.3 Å². The highest BCUT2D eigenvalue weighted by Gasteiger charge is 2.34. The fraction of sp³-hybridized carbons (Fsp3) is 0.522. The minimum Gasteiger partial charge on any atom is -0.379 e. The van der Waals surface area contributed by atoms with Crippen molar-refractivity contribution in [1.82, 2.24) is 29.4 Å². The molecule has 3 aromatic heterocycles. The van der Waals surface area contributed by atoms with Gasteiger partial charge in [0.25, 0.3) is 0 Å². The van der Waals surface area contributed by atoms with Crippen molar-refractivity contribution in [1.29, 1.82) is 0 Å². The molecule has 4 rings (SSSR count). The van der Waals surface area contributed by atoms with Gasteiger partial charge in [0.2, 0.25) is 5.91 Å². The van der Waals surface area contributed by atoms with E-state index in [2.05, 4.69) is 20.3 Å². The molecule has 0 bridgehead atoms. The molecule has 1 aliphatic rings. The molecule has 0 radical (unpaired) electrons. The first-order valence-corrected chi connectivity index (χ1v) is 11.3. The third-order valence-electron chi connectivity index (χ3n) is 5.92. The first-order chi connectivity index (χ1) is 15.9. The second-order valence-electron chi connectivity index (χ2n) is 8.40. The molecule has 1 amide bonds. The summed E-state index contributed by atoms with van der Waals surface area (Å²) < 4.78 is 13.4. The molecule has 10 nitrogen and oxygen atoms in total. The van der Waals surface area contributed by atoms with Gasteiger partial charge in [0.1, 0.15) is 23.7 Å². The molecular weight excluding hydrogens is 422 g/mol. The van der Waals surface area contributed by atoms with E-state index in [0.29, 0.717) is 25.2 Å². The zero-order valence-corrected chi connectivity index (χ0v) is 19.7. The summed E-state index contributed by atoms with van der Waals surface area (Å²) in [6.07, 6.45) is 6.29. The number of aromatic nitrogens is 5. The molecular formula is C23H31N7O3. The lowest BCUT2D eigenvalue weighted by molar-refractivity contribution is -0.146. The highest BCUT2D eigenvalue weighted by atomic mass is 16.5. The second-order valence-corrected chi connectivity index (χ2v) is 8.40. The Labute approximate surface area is 193 Å². The smallest absolute Gasteiger partial charge is 0.247 e. The number of nitrogens with zero attached hydrogens (tertiary/aromatic N) is 6. The number of amides is 1. The Morgan fingerprint density at radius 1 is 1.27 bits per heavy atom. The van der Waals surface area contributed by atoms with Crippen molar-refractivity contribution in [3.05, 3.63) is 31.0 Å². The average molecular weight is 454 g/mol. The predicted molar refractivity (Wildman–Crippen MR) is 125 cm³/mol. The quantitative estimate of drug-likeness (QED) is 0.581. The summed E-state index contributed by atoms with van der Waals surface area (Å²) in [5, 5.41) is 3.41. The number of pyridine rings is 1. The van der Waals surface area contributed by atoms with Gasteiger partial charge in [0.15, 0.2) is 5.65 Å². The van der Waals surface area contributed by atoms with Crippen molar-refractivity contribution in [2.24, 2.45) is 0 Å². The largest absolute Gasteiger partial charge is 0.379 e. The van der Waals surface area contributed by atoms with E-state index in [0.717, 1.165) is 22.7 Å². The number of imidazole rings is 1. The van der Waals surface area contributed by atoms with Crippen LogP contribution in [0.2, 0.25) is 0 Å². The Balaban J connectivity index is 1.71. The van der Waals surface area contributed by atoms with Gasteiger partial charge >= 0.3 is 0 Å². The molecule has 176 valence electrons. The maximum absolute atomic E-state index is 13.6. The van der Waals surface area contributed by atoms with Crippen LogP contribution in [-0.2, 0) is 20.8 Å². The number of ether oxygens (including phenoxy) is 2. The monoisotopic (exact) mass is 453 g/mol. The van der Waals surface area contributed by atoms with Crippen molar-refractivity contribution >= 4 is 22.8 Å². The summed E-state index contributed by atoms with van der Waals surface area (Å²) in [7, 11) is 1.61. The number of methoxy groups -OCH3 is 1. The Morgan fingerprint density at radius 3 is 2.61 bits per heavy atom. The third-order valence-corrected chi connectivity index (χ3v) is 5.92. The van der Waals surface area contributed by atoms with Gasteiger partial charge in [0.05, 0.1) is 29.6 Å². The van der Waals surface area contributed by atoms with Crippen LogP contribution >= 0.6 is 0 Å². The van der Waals surface area contributed by atoms with Crippen molar-refractivity contribution in [2.45, 2.75) is 58.6 Å². The molecule has 3 aromatic rings. The number of fused-ring (bicyclic) bond motifs is 1.